The molecule has 0 aromatic rings. The van der Waals surface area contributed by atoms with Crippen LogP contribution >= 0.6 is 11.1 Å². The van der Waals surface area contributed by atoms with Gasteiger partial charge in [0.2, 0.25) is 0 Å². The molecular formula is C8H17ClO2Si. The quantitative estimate of drug-likeness (QED) is 0.380. The molecule has 12 heavy (non-hydrogen) atoms. The summed E-state index contributed by atoms with van der Waals surface area (Å²) in [7, 11) is -2.38. The maximum Gasteiger partial charge on any atom is 0.447 e. The van der Waals surface area contributed by atoms with Gasteiger partial charge < -0.3 is 8.85 Å². The average Bonchev–Trinajstić information content (AvgIpc) is 2.02. The Morgan fingerprint density at radius 1 is 1.25 bits per heavy atom. The Kier molecular flexibility index (Phi) is 6.75. The first kappa shape index (κ1) is 12.2. The van der Waals surface area contributed by atoms with E-state index in [1.807, 2.05) is 32.9 Å². The first-order chi connectivity index (χ1) is 5.68. The maximum atomic E-state index is 6.16. The van der Waals surface area contributed by atoms with Crippen LogP contribution in [0.15, 0.2) is 12.2 Å². The van der Waals surface area contributed by atoms with Crippen molar-refractivity contribution in [3.63, 3.8) is 0 Å². The van der Waals surface area contributed by atoms with Crippen LogP contribution in [0.5, 0.6) is 0 Å². The van der Waals surface area contributed by atoms with Crippen LogP contribution in [0, 0.1) is 0 Å². The second kappa shape index (κ2) is 6.66. The lowest BCUT2D eigenvalue weighted by molar-refractivity contribution is 0.206. The van der Waals surface area contributed by atoms with Gasteiger partial charge in [-0.05, 0) is 20.8 Å². The molecule has 0 saturated heterocycles. The zero-order valence-corrected chi connectivity index (χ0v) is 9.73. The molecule has 0 radical (unpaired) electrons. The molecule has 0 fully saturated rings. The first-order valence-electron chi connectivity index (χ1n) is 4.26. The molecule has 0 spiro atoms. The highest BCUT2D eigenvalue weighted by Gasteiger charge is 2.33. The van der Waals surface area contributed by atoms with Gasteiger partial charge in [-0.15, -0.1) is 0 Å². The third kappa shape index (κ3) is 4.93. The lowest BCUT2D eigenvalue weighted by Gasteiger charge is -2.21. The summed E-state index contributed by atoms with van der Waals surface area (Å²) in [6.07, 6.45) is 3.95. The summed E-state index contributed by atoms with van der Waals surface area (Å²) in [5.41, 5.74) is 0. The molecule has 0 rings (SSSR count). The molecule has 0 aromatic heterocycles. The van der Waals surface area contributed by atoms with Gasteiger partial charge in [0.25, 0.3) is 0 Å². The minimum Gasteiger partial charge on any atom is -0.383 e. The third-order valence-corrected chi connectivity index (χ3v) is 4.60. The second-order valence-electron chi connectivity index (χ2n) is 2.30. The summed E-state index contributed by atoms with van der Waals surface area (Å²) >= 11 is 6.16. The fourth-order valence-corrected chi connectivity index (χ4v) is 3.47. The predicted octanol–water partition coefficient (Wildman–Crippen LogP) is 2.81. The van der Waals surface area contributed by atoms with Crippen LogP contribution in [-0.4, -0.2) is 21.1 Å². The standard InChI is InChI=1S/C8H17ClO2Si/c1-4-7-8-12(9,10-5-2)11-6-3/h4,7H,5-6,8H2,1-3H3. The van der Waals surface area contributed by atoms with Crippen molar-refractivity contribution in [2.45, 2.75) is 26.8 Å². The van der Waals surface area contributed by atoms with Gasteiger partial charge in [-0.2, -0.15) is 0 Å². The van der Waals surface area contributed by atoms with E-state index < -0.39 is 7.87 Å². The van der Waals surface area contributed by atoms with Crippen molar-refractivity contribution >= 4 is 18.9 Å². The Labute approximate surface area is 80.5 Å². The smallest absolute Gasteiger partial charge is 0.383 e. The van der Waals surface area contributed by atoms with E-state index in [1.165, 1.54) is 0 Å². The van der Waals surface area contributed by atoms with Crippen LogP contribution in [-0.2, 0) is 8.85 Å². The molecule has 2 nitrogen and oxygen atoms in total. The first-order valence-corrected chi connectivity index (χ1v) is 7.30. The topological polar surface area (TPSA) is 18.5 Å². The Hall–Kier alpha value is 0.167. The number of halogens is 1. The summed E-state index contributed by atoms with van der Waals surface area (Å²) in [6, 6.07) is 0.715. The highest BCUT2D eigenvalue weighted by molar-refractivity contribution is 7.13. The van der Waals surface area contributed by atoms with E-state index in [0.29, 0.717) is 19.3 Å². The number of hydrogen-bond acceptors (Lipinski definition) is 2. The molecule has 4 heteroatoms. The van der Waals surface area contributed by atoms with E-state index in [1.54, 1.807) is 0 Å². The van der Waals surface area contributed by atoms with Gasteiger partial charge in [0.1, 0.15) is 0 Å². The molecule has 0 aliphatic carbocycles. The Morgan fingerprint density at radius 3 is 2.08 bits per heavy atom. The van der Waals surface area contributed by atoms with Crippen LogP contribution in [0.25, 0.3) is 0 Å². The predicted molar refractivity (Wildman–Crippen MR) is 54.5 cm³/mol. The molecule has 0 saturated carbocycles. The molecule has 0 aliphatic rings. The minimum atomic E-state index is -2.38. The van der Waals surface area contributed by atoms with Gasteiger partial charge >= 0.3 is 7.87 Å². The highest BCUT2D eigenvalue weighted by Crippen LogP contribution is 2.19. The van der Waals surface area contributed by atoms with Crippen LogP contribution in [0.4, 0.5) is 0 Å². The lowest BCUT2D eigenvalue weighted by Crippen LogP contribution is -2.35. The van der Waals surface area contributed by atoms with Crippen molar-refractivity contribution in [3.05, 3.63) is 12.2 Å². The Balaban J connectivity index is 3.97. The van der Waals surface area contributed by atoms with Gasteiger partial charge in [0.15, 0.2) is 0 Å². The zero-order chi connectivity index (χ0) is 9.45. The molecule has 0 N–H and O–H groups in total. The van der Waals surface area contributed by atoms with Crippen LogP contribution < -0.4 is 0 Å². The zero-order valence-electron chi connectivity index (χ0n) is 7.97. The highest BCUT2D eigenvalue weighted by atomic mass is 35.6. The summed E-state index contributed by atoms with van der Waals surface area (Å²) in [5.74, 6) is 0. The largest absolute Gasteiger partial charge is 0.447 e. The number of allylic oxidation sites excluding steroid dienone is 2. The Bertz CT molecular complexity index is 133. The lowest BCUT2D eigenvalue weighted by atomic mass is 10.6. The molecule has 0 bridgehead atoms. The van der Waals surface area contributed by atoms with Crippen LogP contribution in [0.1, 0.15) is 20.8 Å². The molecule has 0 aromatic carbocycles. The normalized spacial score (nSPS) is 12.7. The van der Waals surface area contributed by atoms with Gasteiger partial charge in [-0.25, -0.2) is 0 Å². The second-order valence-corrected chi connectivity index (χ2v) is 6.33. The van der Waals surface area contributed by atoms with Crippen molar-refractivity contribution in [2.75, 3.05) is 13.2 Å². The SMILES string of the molecule is CC=CC[Si](Cl)(OCC)OCC. The summed E-state index contributed by atoms with van der Waals surface area (Å²) < 4.78 is 10.8. The van der Waals surface area contributed by atoms with Gasteiger partial charge in [-0.3, -0.25) is 0 Å². The molecular weight excluding hydrogens is 192 g/mol. The van der Waals surface area contributed by atoms with E-state index in [-0.39, 0.29) is 0 Å². The van der Waals surface area contributed by atoms with E-state index in [9.17, 15) is 0 Å². The van der Waals surface area contributed by atoms with E-state index in [0.717, 1.165) is 0 Å². The van der Waals surface area contributed by atoms with Gasteiger partial charge in [0, 0.05) is 19.3 Å². The van der Waals surface area contributed by atoms with Crippen molar-refractivity contribution in [3.8, 4) is 0 Å². The average molecular weight is 209 g/mol. The van der Waals surface area contributed by atoms with Gasteiger partial charge in [0.05, 0.1) is 0 Å². The molecule has 0 amide bonds. The third-order valence-electron chi connectivity index (χ3n) is 1.32. The summed E-state index contributed by atoms with van der Waals surface area (Å²) in [6.45, 7) is 7.06. The van der Waals surface area contributed by atoms with E-state index >= 15 is 0 Å². The van der Waals surface area contributed by atoms with Crippen LogP contribution in [0.2, 0.25) is 6.04 Å². The monoisotopic (exact) mass is 208 g/mol. The van der Waals surface area contributed by atoms with E-state index in [2.05, 4.69) is 0 Å². The fraction of sp³-hybridized carbons (Fsp3) is 0.750. The minimum absolute atomic E-state index is 0.618. The molecule has 0 unspecified atom stereocenters. The number of rotatable bonds is 6. The maximum absolute atomic E-state index is 6.16. The van der Waals surface area contributed by atoms with E-state index in [4.69, 9.17) is 19.9 Å². The van der Waals surface area contributed by atoms with Crippen molar-refractivity contribution in [2.24, 2.45) is 0 Å². The molecule has 0 aliphatic heterocycles. The fourth-order valence-electron chi connectivity index (χ4n) is 0.849. The van der Waals surface area contributed by atoms with Crippen molar-refractivity contribution in [1.29, 1.82) is 0 Å². The molecule has 0 heterocycles. The van der Waals surface area contributed by atoms with Crippen molar-refractivity contribution in [1.82, 2.24) is 0 Å². The van der Waals surface area contributed by atoms with Crippen LogP contribution in [0.3, 0.4) is 0 Å². The van der Waals surface area contributed by atoms with Crippen molar-refractivity contribution < 1.29 is 8.85 Å². The molecule has 72 valence electrons. The Morgan fingerprint density at radius 2 is 1.75 bits per heavy atom. The molecule has 0 atom stereocenters. The summed E-state index contributed by atoms with van der Waals surface area (Å²) in [5, 5.41) is 0. The summed E-state index contributed by atoms with van der Waals surface area (Å²) in [4.78, 5) is 0. The number of hydrogen-bond donors (Lipinski definition) is 0. The van der Waals surface area contributed by atoms with Gasteiger partial charge in [-0.1, -0.05) is 23.2 Å².